The number of hydrogen-bond donors (Lipinski definition) is 1. The summed E-state index contributed by atoms with van der Waals surface area (Å²) in [5.74, 6) is 0.520. The Hall–Kier alpha value is -0.920. The molecule has 0 amide bonds. The van der Waals surface area contributed by atoms with Gasteiger partial charge in [-0.2, -0.15) is 0 Å². The summed E-state index contributed by atoms with van der Waals surface area (Å²) >= 11 is 12.1. The molecule has 2 rings (SSSR count). The summed E-state index contributed by atoms with van der Waals surface area (Å²) in [5.41, 5.74) is 5.48. The number of alkyl halides is 1. The third-order valence-corrected chi connectivity index (χ3v) is 3.36. The zero-order chi connectivity index (χ0) is 11.7. The predicted molar refractivity (Wildman–Crippen MR) is 70.3 cm³/mol. The molecule has 0 unspecified atom stereocenters. The molecular weight excluding hydrogens is 241 g/mol. The van der Waals surface area contributed by atoms with Crippen molar-refractivity contribution in [2.24, 2.45) is 0 Å². The number of H-pyrrole nitrogens is 1. The van der Waals surface area contributed by atoms with Crippen LogP contribution < -0.4 is 0 Å². The Bertz CT molecular complexity index is 494. The van der Waals surface area contributed by atoms with Gasteiger partial charge < -0.3 is 4.98 Å². The van der Waals surface area contributed by atoms with E-state index in [1.54, 1.807) is 0 Å². The van der Waals surface area contributed by atoms with Gasteiger partial charge in [0, 0.05) is 22.8 Å². The van der Waals surface area contributed by atoms with E-state index >= 15 is 0 Å². The van der Waals surface area contributed by atoms with Crippen LogP contribution in [0.1, 0.15) is 16.8 Å². The molecule has 0 radical (unpaired) electrons. The fourth-order valence-corrected chi connectivity index (χ4v) is 2.45. The quantitative estimate of drug-likeness (QED) is 0.748. The molecule has 0 saturated carbocycles. The van der Waals surface area contributed by atoms with Gasteiger partial charge in [-0.15, -0.1) is 11.6 Å². The van der Waals surface area contributed by atoms with E-state index in [0.29, 0.717) is 5.88 Å². The summed E-state index contributed by atoms with van der Waals surface area (Å²) in [7, 11) is 0. The molecule has 0 aliphatic heterocycles. The van der Waals surface area contributed by atoms with E-state index < -0.39 is 0 Å². The lowest BCUT2D eigenvalue weighted by Gasteiger charge is -2.05. The normalized spacial score (nSPS) is 10.8. The highest BCUT2D eigenvalue weighted by molar-refractivity contribution is 6.33. The average molecular weight is 254 g/mol. The number of hydrogen-bond acceptors (Lipinski definition) is 0. The molecule has 16 heavy (non-hydrogen) atoms. The first-order valence-corrected chi connectivity index (χ1v) is 6.04. The molecule has 0 aliphatic carbocycles. The summed E-state index contributed by atoms with van der Waals surface area (Å²) in [4.78, 5) is 3.32. The van der Waals surface area contributed by atoms with Crippen molar-refractivity contribution >= 4 is 23.2 Å². The third kappa shape index (κ3) is 1.98. The van der Waals surface area contributed by atoms with Crippen LogP contribution in [0.2, 0.25) is 5.02 Å². The summed E-state index contributed by atoms with van der Waals surface area (Å²) in [6, 6.07) is 7.98. The molecule has 84 valence electrons. The molecule has 1 aromatic carbocycles. The van der Waals surface area contributed by atoms with Gasteiger partial charge in [0.25, 0.3) is 0 Å². The molecule has 2 aromatic rings. The second kappa shape index (κ2) is 4.52. The Balaban J connectivity index is 2.58. The van der Waals surface area contributed by atoms with E-state index in [2.05, 4.69) is 24.0 Å². The van der Waals surface area contributed by atoms with Gasteiger partial charge in [-0.25, -0.2) is 0 Å². The van der Waals surface area contributed by atoms with E-state index in [4.69, 9.17) is 23.2 Å². The molecule has 0 saturated heterocycles. The highest BCUT2D eigenvalue weighted by atomic mass is 35.5. The summed E-state index contributed by atoms with van der Waals surface area (Å²) in [5, 5.41) is 0.766. The number of nitrogens with one attached hydrogen (secondary N) is 1. The van der Waals surface area contributed by atoms with E-state index in [9.17, 15) is 0 Å². The number of aromatic amines is 1. The number of aryl methyl sites for hydroxylation is 2. The van der Waals surface area contributed by atoms with Crippen molar-refractivity contribution in [2.45, 2.75) is 19.7 Å². The third-order valence-electron chi connectivity index (χ3n) is 2.76. The van der Waals surface area contributed by atoms with Gasteiger partial charge in [-0.3, -0.25) is 0 Å². The molecular formula is C13H13Cl2N. The van der Waals surface area contributed by atoms with Crippen molar-refractivity contribution in [2.75, 3.05) is 0 Å². The highest BCUT2D eigenvalue weighted by Crippen LogP contribution is 2.31. The van der Waals surface area contributed by atoms with Gasteiger partial charge in [0.15, 0.2) is 0 Å². The van der Waals surface area contributed by atoms with Gasteiger partial charge in [0.1, 0.15) is 0 Å². The van der Waals surface area contributed by atoms with Crippen molar-refractivity contribution in [3.8, 4) is 11.3 Å². The smallest absolute Gasteiger partial charge is 0.0501 e. The van der Waals surface area contributed by atoms with Crippen LogP contribution in [0.5, 0.6) is 0 Å². The summed E-state index contributed by atoms with van der Waals surface area (Å²) < 4.78 is 0. The van der Waals surface area contributed by atoms with Crippen molar-refractivity contribution in [1.29, 1.82) is 0 Å². The van der Waals surface area contributed by atoms with Gasteiger partial charge in [0.05, 0.1) is 5.02 Å². The minimum atomic E-state index is 0.520. The van der Waals surface area contributed by atoms with Gasteiger partial charge >= 0.3 is 0 Å². The maximum Gasteiger partial charge on any atom is 0.0501 e. The molecule has 3 heteroatoms. The number of benzene rings is 1. The van der Waals surface area contributed by atoms with Crippen LogP contribution in [-0.4, -0.2) is 4.98 Å². The molecule has 0 aliphatic rings. The summed E-state index contributed by atoms with van der Waals surface area (Å²) in [6.07, 6.45) is 0. The zero-order valence-electron chi connectivity index (χ0n) is 9.27. The van der Waals surface area contributed by atoms with Crippen molar-refractivity contribution in [3.63, 3.8) is 0 Å². The zero-order valence-corrected chi connectivity index (χ0v) is 10.8. The first kappa shape index (κ1) is 11.6. The fourth-order valence-electron chi connectivity index (χ4n) is 1.85. The Labute approximate surface area is 105 Å². The molecule has 1 N–H and O–H groups in total. The number of aromatic nitrogens is 1. The molecule has 1 heterocycles. The maximum atomic E-state index is 6.22. The molecule has 0 bridgehead atoms. The second-order valence-electron chi connectivity index (χ2n) is 3.90. The molecule has 0 fully saturated rings. The minimum Gasteiger partial charge on any atom is -0.358 e. The molecule has 1 nitrogen and oxygen atoms in total. The van der Waals surface area contributed by atoms with Gasteiger partial charge in [0.2, 0.25) is 0 Å². The van der Waals surface area contributed by atoms with Crippen LogP contribution >= 0.6 is 23.2 Å². The SMILES string of the molecule is Cc1cccc(Cl)c1-c1cc(CCl)c(C)[nH]1. The maximum absolute atomic E-state index is 6.22. The Morgan fingerprint density at radius 2 is 2.00 bits per heavy atom. The highest BCUT2D eigenvalue weighted by Gasteiger charge is 2.10. The van der Waals surface area contributed by atoms with Crippen LogP contribution in [0, 0.1) is 13.8 Å². The lowest BCUT2D eigenvalue weighted by molar-refractivity contribution is 1.21. The van der Waals surface area contributed by atoms with Crippen molar-refractivity contribution < 1.29 is 0 Å². The van der Waals surface area contributed by atoms with Crippen molar-refractivity contribution in [3.05, 3.63) is 46.1 Å². The van der Waals surface area contributed by atoms with Gasteiger partial charge in [-0.1, -0.05) is 23.7 Å². The van der Waals surface area contributed by atoms with Crippen LogP contribution in [-0.2, 0) is 5.88 Å². The fraction of sp³-hybridized carbons (Fsp3) is 0.231. The van der Waals surface area contributed by atoms with Crippen LogP contribution in [0.3, 0.4) is 0 Å². The van der Waals surface area contributed by atoms with Gasteiger partial charge in [-0.05, 0) is 37.1 Å². The largest absolute Gasteiger partial charge is 0.358 e. The minimum absolute atomic E-state index is 0.520. The predicted octanol–water partition coefficient (Wildman–Crippen LogP) is 4.69. The van der Waals surface area contributed by atoms with E-state index in [0.717, 1.165) is 33.1 Å². The van der Waals surface area contributed by atoms with Crippen LogP contribution in [0.4, 0.5) is 0 Å². The molecule has 0 spiro atoms. The second-order valence-corrected chi connectivity index (χ2v) is 4.57. The monoisotopic (exact) mass is 253 g/mol. The number of rotatable bonds is 2. The van der Waals surface area contributed by atoms with Crippen molar-refractivity contribution in [1.82, 2.24) is 4.98 Å². The summed E-state index contributed by atoms with van der Waals surface area (Å²) in [6.45, 7) is 4.07. The Morgan fingerprint density at radius 1 is 1.25 bits per heavy atom. The average Bonchev–Trinajstić information content (AvgIpc) is 2.59. The lowest BCUT2D eigenvalue weighted by Crippen LogP contribution is -1.84. The van der Waals surface area contributed by atoms with E-state index in [1.165, 1.54) is 0 Å². The van der Waals surface area contributed by atoms with E-state index in [-0.39, 0.29) is 0 Å². The molecule has 0 atom stereocenters. The standard InChI is InChI=1S/C13H13Cl2N/c1-8-4-3-5-11(15)13(8)12-6-10(7-14)9(2)16-12/h3-6,16H,7H2,1-2H3. The van der Waals surface area contributed by atoms with Crippen LogP contribution in [0.15, 0.2) is 24.3 Å². The topological polar surface area (TPSA) is 15.8 Å². The van der Waals surface area contributed by atoms with E-state index in [1.807, 2.05) is 19.1 Å². The first-order valence-electron chi connectivity index (χ1n) is 5.13. The first-order chi connectivity index (χ1) is 7.63. The molecule has 1 aromatic heterocycles. The van der Waals surface area contributed by atoms with Crippen LogP contribution in [0.25, 0.3) is 11.3 Å². The Morgan fingerprint density at radius 3 is 2.56 bits per heavy atom. The number of halogens is 2. The Kier molecular flexibility index (Phi) is 3.27. The lowest BCUT2D eigenvalue weighted by atomic mass is 10.1.